The Morgan fingerprint density at radius 2 is 1.95 bits per heavy atom. The van der Waals surface area contributed by atoms with Crippen LogP contribution in [0.2, 0.25) is 0 Å². The number of carbonyl (C=O) groups excluding carboxylic acids is 1. The number of aliphatic hydroxyl groups excluding tert-OH is 1. The minimum Gasteiger partial charge on any atom is -0.393 e. The maximum Gasteiger partial charge on any atom is 0.225 e. The van der Waals surface area contributed by atoms with Gasteiger partial charge < -0.3 is 15.3 Å². The maximum absolute atomic E-state index is 12.3. The van der Waals surface area contributed by atoms with Crippen molar-refractivity contribution in [1.82, 2.24) is 10.2 Å². The fourth-order valence-electron chi connectivity index (χ4n) is 3.04. The molecular weight excluding hydrogens is 276 g/mol. The second-order valence-corrected chi connectivity index (χ2v) is 6.70. The zero-order valence-electron chi connectivity index (χ0n) is 13.8. The Balaban J connectivity index is 1.98. The molecule has 1 heterocycles. The summed E-state index contributed by atoms with van der Waals surface area (Å²) in [6.07, 6.45) is 0.524. The van der Waals surface area contributed by atoms with Crippen LogP contribution in [0.1, 0.15) is 32.8 Å². The van der Waals surface area contributed by atoms with E-state index in [1.54, 1.807) is 0 Å². The van der Waals surface area contributed by atoms with Gasteiger partial charge in [0, 0.05) is 37.5 Å². The van der Waals surface area contributed by atoms with Crippen molar-refractivity contribution >= 4 is 5.91 Å². The normalized spacial score (nSPS) is 23.6. The fourth-order valence-corrected chi connectivity index (χ4v) is 3.04. The summed E-state index contributed by atoms with van der Waals surface area (Å²) in [5, 5.41) is 13.5. The first-order valence-electron chi connectivity index (χ1n) is 8.21. The number of rotatable bonds is 5. The molecule has 0 bridgehead atoms. The van der Waals surface area contributed by atoms with Gasteiger partial charge in [-0.25, -0.2) is 0 Å². The van der Waals surface area contributed by atoms with E-state index in [0.717, 1.165) is 19.5 Å². The third-order valence-corrected chi connectivity index (χ3v) is 4.41. The molecule has 3 unspecified atom stereocenters. The summed E-state index contributed by atoms with van der Waals surface area (Å²) in [5.74, 6) is 0.323. The molecule has 1 aliphatic heterocycles. The number of nitrogens with one attached hydrogen (secondary N) is 1. The minimum atomic E-state index is -0.385. The lowest BCUT2D eigenvalue weighted by atomic mass is 9.89. The summed E-state index contributed by atoms with van der Waals surface area (Å²) in [7, 11) is 0. The van der Waals surface area contributed by atoms with Gasteiger partial charge in [0.25, 0.3) is 0 Å². The molecule has 1 fully saturated rings. The highest BCUT2D eigenvalue weighted by Gasteiger charge is 2.32. The van der Waals surface area contributed by atoms with Crippen molar-refractivity contribution in [2.45, 2.75) is 45.9 Å². The average Bonchev–Trinajstić information content (AvgIpc) is 2.52. The van der Waals surface area contributed by atoms with Crippen molar-refractivity contribution in [3.8, 4) is 0 Å². The third-order valence-electron chi connectivity index (χ3n) is 4.41. The van der Waals surface area contributed by atoms with Gasteiger partial charge in [-0.15, -0.1) is 0 Å². The molecule has 0 radical (unpaired) electrons. The van der Waals surface area contributed by atoms with E-state index >= 15 is 0 Å². The van der Waals surface area contributed by atoms with E-state index in [2.05, 4.69) is 17.4 Å². The topological polar surface area (TPSA) is 52.6 Å². The summed E-state index contributed by atoms with van der Waals surface area (Å²) in [4.78, 5) is 14.2. The minimum absolute atomic E-state index is 0.00234. The first-order chi connectivity index (χ1) is 10.5. The Morgan fingerprint density at radius 1 is 1.27 bits per heavy atom. The third kappa shape index (κ3) is 4.55. The van der Waals surface area contributed by atoms with E-state index in [0.29, 0.717) is 6.54 Å². The van der Waals surface area contributed by atoms with Crippen LogP contribution in [0.15, 0.2) is 30.3 Å². The summed E-state index contributed by atoms with van der Waals surface area (Å²) in [6, 6.07) is 10.5. The highest BCUT2D eigenvalue weighted by molar-refractivity contribution is 5.78. The molecule has 3 atom stereocenters. The lowest BCUT2D eigenvalue weighted by Gasteiger charge is -2.40. The van der Waals surface area contributed by atoms with Crippen LogP contribution in [-0.2, 0) is 11.3 Å². The number of amides is 1. The predicted octanol–water partition coefficient (Wildman–Crippen LogP) is 2.03. The van der Waals surface area contributed by atoms with Crippen LogP contribution in [0.3, 0.4) is 0 Å². The zero-order chi connectivity index (χ0) is 16.1. The molecule has 2 N–H and O–H groups in total. The van der Waals surface area contributed by atoms with E-state index in [9.17, 15) is 9.90 Å². The number of benzene rings is 1. The van der Waals surface area contributed by atoms with Gasteiger partial charge in [0.1, 0.15) is 0 Å². The van der Waals surface area contributed by atoms with E-state index in [-0.39, 0.29) is 29.9 Å². The van der Waals surface area contributed by atoms with Gasteiger partial charge in [-0.1, -0.05) is 44.2 Å². The second kappa shape index (κ2) is 7.75. The molecular formula is C18H28N2O2. The lowest BCUT2D eigenvalue weighted by molar-refractivity contribution is -0.137. The van der Waals surface area contributed by atoms with Crippen LogP contribution in [-0.4, -0.2) is 41.1 Å². The quantitative estimate of drug-likeness (QED) is 0.875. The largest absolute Gasteiger partial charge is 0.393 e. The molecule has 0 aromatic heterocycles. The molecule has 22 heavy (non-hydrogen) atoms. The molecule has 1 aromatic carbocycles. The van der Waals surface area contributed by atoms with Crippen LogP contribution in [0, 0.1) is 11.8 Å². The summed E-state index contributed by atoms with van der Waals surface area (Å²) in [6.45, 7) is 7.87. The first-order valence-corrected chi connectivity index (χ1v) is 8.21. The number of piperidine rings is 1. The number of nitrogens with zero attached hydrogens (tertiary/aromatic N) is 1. The number of likely N-dealkylation sites (tertiary alicyclic amines) is 1. The van der Waals surface area contributed by atoms with Crippen LogP contribution in [0.4, 0.5) is 0 Å². The smallest absolute Gasteiger partial charge is 0.225 e. The Morgan fingerprint density at radius 3 is 2.55 bits per heavy atom. The zero-order valence-corrected chi connectivity index (χ0v) is 13.8. The molecule has 1 aliphatic rings. The van der Waals surface area contributed by atoms with Gasteiger partial charge in [-0.3, -0.25) is 4.79 Å². The van der Waals surface area contributed by atoms with Gasteiger partial charge in [-0.2, -0.15) is 0 Å². The number of hydrogen-bond acceptors (Lipinski definition) is 3. The molecule has 4 nitrogen and oxygen atoms in total. The molecule has 2 rings (SSSR count). The molecule has 0 spiro atoms. The van der Waals surface area contributed by atoms with Crippen molar-refractivity contribution in [3.63, 3.8) is 0 Å². The Kier molecular flexibility index (Phi) is 5.98. The van der Waals surface area contributed by atoms with E-state index in [4.69, 9.17) is 0 Å². The monoisotopic (exact) mass is 304 g/mol. The SMILES string of the molecule is CC(C)C(=O)N1CC(NCc2ccccc2)CC(C(C)O)C1. The Bertz CT molecular complexity index is 473. The molecule has 122 valence electrons. The van der Waals surface area contributed by atoms with Crippen molar-refractivity contribution in [2.75, 3.05) is 13.1 Å². The highest BCUT2D eigenvalue weighted by atomic mass is 16.3. The highest BCUT2D eigenvalue weighted by Crippen LogP contribution is 2.22. The van der Waals surface area contributed by atoms with Crippen LogP contribution < -0.4 is 5.32 Å². The predicted molar refractivity (Wildman–Crippen MR) is 88.3 cm³/mol. The van der Waals surface area contributed by atoms with Crippen molar-refractivity contribution in [3.05, 3.63) is 35.9 Å². The second-order valence-electron chi connectivity index (χ2n) is 6.70. The van der Waals surface area contributed by atoms with E-state index in [1.165, 1.54) is 5.56 Å². The molecule has 1 amide bonds. The van der Waals surface area contributed by atoms with Gasteiger partial charge in [0.05, 0.1) is 6.10 Å². The average molecular weight is 304 g/mol. The molecule has 4 heteroatoms. The van der Waals surface area contributed by atoms with Crippen molar-refractivity contribution in [2.24, 2.45) is 11.8 Å². The van der Waals surface area contributed by atoms with Crippen molar-refractivity contribution in [1.29, 1.82) is 0 Å². The molecule has 1 saturated heterocycles. The number of carbonyl (C=O) groups is 1. The number of hydrogen-bond donors (Lipinski definition) is 2. The summed E-state index contributed by atoms with van der Waals surface area (Å²) >= 11 is 0. The fraction of sp³-hybridized carbons (Fsp3) is 0.611. The summed E-state index contributed by atoms with van der Waals surface area (Å²) < 4.78 is 0. The number of aliphatic hydroxyl groups is 1. The van der Waals surface area contributed by atoms with E-state index in [1.807, 2.05) is 43.9 Å². The van der Waals surface area contributed by atoms with Crippen LogP contribution in [0.5, 0.6) is 0 Å². The van der Waals surface area contributed by atoms with Crippen LogP contribution >= 0.6 is 0 Å². The van der Waals surface area contributed by atoms with Gasteiger partial charge in [0.15, 0.2) is 0 Å². The molecule has 0 aliphatic carbocycles. The first kappa shape index (κ1) is 17.0. The standard InChI is InChI=1S/C18H28N2O2/c1-13(2)18(22)20-11-16(14(3)21)9-17(12-20)19-10-15-7-5-4-6-8-15/h4-8,13-14,16-17,19,21H,9-12H2,1-3H3. The Hall–Kier alpha value is -1.39. The van der Waals surface area contributed by atoms with Crippen LogP contribution in [0.25, 0.3) is 0 Å². The van der Waals surface area contributed by atoms with Gasteiger partial charge in [0.2, 0.25) is 5.91 Å². The summed E-state index contributed by atoms with van der Waals surface area (Å²) in [5.41, 5.74) is 1.24. The van der Waals surface area contributed by atoms with Gasteiger partial charge >= 0.3 is 0 Å². The Labute approximate surface area is 133 Å². The molecule has 0 saturated carbocycles. The lowest BCUT2D eigenvalue weighted by Crippen LogP contribution is -2.53. The molecule has 1 aromatic rings. The van der Waals surface area contributed by atoms with Gasteiger partial charge in [-0.05, 0) is 18.9 Å². The maximum atomic E-state index is 12.3. The van der Waals surface area contributed by atoms with Crippen molar-refractivity contribution < 1.29 is 9.90 Å². The van der Waals surface area contributed by atoms with E-state index < -0.39 is 0 Å².